The molecule has 2 aromatic carbocycles. The highest BCUT2D eigenvalue weighted by Crippen LogP contribution is 2.38. The fourth-order valence-electron chi connectivity index (χ4n) is 2.47. The Balaban J connectivity index is 2.41. The SMILES string of the molecule is COc1ccc(Cl)c2c(N)c(C)c(-c3ccccc3)nc12. The van der Waals surface area contributed by atoms with E-state index in [1.807, 2.05) is 37.3 Å². The molecular formula is C17H15ClN2O. The molecule has 0 radical (unpaired) electrons. The maximum Gasteiger partial charge on any atom is 0.145 e. The van der Waals surface area contributed by atoms with Crippen molar-refractivity contribution in [1.82, 2.24) is 4.98 Å². The molecule has 21 heavy (non-hydrogen) atoms. The van der Waals surface area contributed by atoms with Crippen LogP contribution in [0.25, 0.3) is 22.2 Å². The van der Waals surface area contributed by atoms with Crippen LogP contribution in [0.3, 0.4) is 0 Å². The molecule has 4 heteroatoms. The van der Waals surface area contributed by atoms with Crippen LogP contribution in [0.2, 0.25) is 5.02 Å². The van der Waals surface area contributed by atoms with Crippen LogP contribution in [0.15, 0.2) is 42.5 Å². The fraction of sp³-hybridized carbons (Fsp3) is 0.118. The number of nitrogen functional groups attached to an aromatic ring is 1. The van der Waals surface area contributed by atoms with Gasteiger partial charge >= 0.3 is 0 Å². The Kier molecular flexibility index (Phi) is 3.43. The summed E-state index contributed by atoms with van der Waals surface area (Å²) < 4.78 is 5.39. The number of hydrogen-bond donors (Lipinski definition) is 1. The zero-order valence-electron chi connectivity index (χ0n) is 11.9. The molecule has 3 rings (SSSR count). The number of aromatic nitrogens is 1. The highest BCUT2D eigenvalue weighted by atomic mass is 35.5. The van der Waals surface area contributed by atoms with E-state index in [0.717, 1.165) is 22.2 Å². The number of nitrogens with zero attached hydrogens (tertiary/aromatic N) is 1. The molecule has 0 unspecified atom stereocenters. The van der Waals surface area contributed by atoms with Crippen LogP contribution in [0.1, 0.15) is 5.56 Å². The molecule has 0 aliphatic rings. The first kappa shape index (κ1) is 13.7. The van der Waals surface area contributed by atoms with Gasteiger partial charge in [-0.2, -0.15) is 0 Å². The second-order valence-corrected chi connectivity index (χ2v) is 5.25. The van der Waals surface area contributed by atoms with Crippen LogP contribution in [-0.2, 0) is 0 Å². The van der Waals surface area contributed by atoms with Crippen molar-refractivity contribution in [2.45, 2.75) is 6.92 Å². The van der Waals surface area contributed by atoms with Crippen LogP contribution in [0, 0.1) is 6.92 Å². The van der Waals surface area contributed by atoms with E-state index < -0.39 is 0 Å². The average Bonchev–Trinajstić information content (AvgIpc) is 2.51. The van der Waals surface area contributed by atoms with Gasteiger partial charge in [-0.1, -0.05) is 41.9 Å². The van der Waals surface area contributed by atoms with Gasteiger partial charge in [0.05, 0.1) is 17.8 Å². The Morgan fingerprint density at radius 1 is 1.10 bits per heavy atom. The van der Waals surface area contributed by atoms with Gasteiger partial charge in [-0.25, -0.2) is 4.98 Å². The molecule has 0 saturated carbocycles. The predicted octanol–water partition coefficient (Wildman–Crippen LogP) is 4.45. The smallest absolute Gasteiger partial charge is 0.145 e. The number of halogens is 1. The normalized spacial score (nSPS) is 10.8. The van der Waals surface area contributed by atoms with Gasteiger partial charge in [0.2, 0.25) is 0 Å². The van der Waals surface area contributed by atoms with Gasteiger partial charge in [0.1, 0.15) is 11.3 Å². The summed E-state index contributed by atoms with van der Waals surface area (Å²) in [6, 6.07) is 13.5. The Hall–Kier alpha value is -2.26. The Morgan fingerprint density at radius 3 is 2.48 bits per heavy atom. The van der Waals surface area contributed by atoms with Crippen molar-refractivity contribution < 1.29 is 4.74 Å². The Bertz CT molecular complexity index is 816. The highest BCUT2D eigenvalue weighted by Gasteiger charge is 2.16. The summed E-state index contributed by atoms with van der Waals surface area (Å²) in [6.07, 6.45) is 0. The molecule has 0 saturated heterocycles. The van der Waals surface area contributed by atoms with Crippen molar-refractivity contribution in [2.24, 2.45) is 0 Å². The molecule has 106 valence electrons. The molecule has 0 spiro atoms. The van der Waals surface area contributed by atoms with Crippen LogP contribution < -0.4 is 10.5 Å². The maximum absolute atomic E-state index is 6.30. The molecule has 0 atom stereocenters. The summed E-state index contributed by atoms with van der Waals surface area (Å²) in [4.78, 5) is 4.75. The molecule has 3 aromatic rings. The largest absolute Gasteiger partial charge is 0.494 e. The molecule has 0 bridgehead atoms. The van der Waals surface area contributed by atoms with Gasteiger partial charge in [0.25, 0.3) is 0 Å². The van der Waals surface area contributed by atoms with Gasteiger partial charge in [-0.3, -0.25) is 0 Å². The standard InChI is InChI=1S/C17H15ClN2O/c1-10-15(19)14-12(18)8-9-13(21-2)17(14)20-16(10)11-6-4-3-5-7-11/h3-9H,1-2H3,(H2,19,20). The van der Waals surface area contributed by atoms with Crippen LogP contribution in [-0.4, -0.2) is 12.1 Å². The summed E-state index contributed by atoms with van der Waals surface area (Å²) in [6.45, 7) is 1.96. The van der Waals surface area contributed by atoms with E-state index in [-0.39, 0.29) is 0 Å². The summed E-state index contributed by atoms with van der Waals surface area (Å²) in [5.41, 5.74) is 10.4. The zero-order valence-corrected chi connectivity index (χ0v) is 12.6. The molecule has 0 amide bonds. The lowest BCUT2D eigenvalue weighted by Crippen LogP contribution is -2.00. The number of anilines is 1. The van der Waals surface area contributed by atoms with Crippen LogP contribution in [0.5, 0.6) is 5.75 Å². The van der Waals surface area contributed by atoms with E-state index in [2.05, 4.69) is 0 Å². The minimum absolute atomic E-state index is 0.582. The number of nitrogens with two attached hydrogens (primary N) is 1. The van der Waals surface area contributed by atoms with Gasteiger partial charge in [-0.05, 0) is 24.6 Å². The zero-order chi connectivity index (χ0) is 15.0. The number of ether oxygens (including phenoxy) is 1. The molecular weight excluding hydrogens is 284 g/mol. The highest BCUT2D eigenvalue weighted by molar-refractivity contribution is 6.36. The van der Waals surface area contributed by atoms with Crippen molar-refractivity contribution in [1.29, 1.82) is 0 Å². The second-order valence-electron chi connectivity index (χ2n) is 4.84. The van der Waals surface area contributed by atoms with Gasteiger partial charge in [0, 0.05) is 16.6 Å². The molecule has 2 N–H and O–H groups in total. The summed E-state index contributed by atoms with van der Waals surface area (Å²) in [7, 11) is 1.61. The molecule has 0 fully saturated rings. The first-order valence-corrected chi connectivity index (χ1v) is 6.99. The molecule has 0 aliphatic carbocycles. The summed E-state index contributed by atoms with van der Waals surface area (Å²) in [5.74, 6) is 0.665. The monoisotopic (exact) mass is 298 g/mol. The topological polar surface area (TPSA) is 48.1 Å². The summed E-state index contributed by atoms with van der Waals surface area (Å²) in [5, 5.41) is 1.33. The third-order valence-electron chi connectivity index (χ3n) is 3.61. The number of pyridine rings is 1. The molecule has 3 nitrogen and oxygen atoms in total. The van der Waals surface area contributed by atoms with Crippen LogP contribution >= 0.6 is 11.6 Å². The molecule has 1 aromatic heterocycles. The van der Waals surface area contributed by atoms with Crippen LogP contribution in [0.4, 0.5) is 5.69 Å². The first-order chi connectivity index (χ1) is 10.1. The number of fused-ring (bicyclic) bond motifs is 1. The number of rotatable bonds is 2. The third kappa shape index (κ3) is 2.20. The van der Waals surface area contributed by atoms with Crippen molar-refractivity contribution in [2.75, 3.05) is 12.8 Å². The van der Waals surface area contributed by atoms with Crippen molar-refractivity contribution >= 4 is 28.2 Å². The predicted molar refractivity (Wildman–Crippen MR) is 87.9 cm³/mol. The van der Waals surface area contributed by atoms with Gasteiger partial charge in [0.15, 0.2) is 0 Å². The number of methoxy groups -OCH3 is 1. The van der Waals surface area contributed by atoms with E-state index >= 15 is 0 Å². The van der Waals surface area contributed by atoms with E-state index in [1.165, 1.54) is 0 Å². The van der Waals surface area contributed by atoms with E-state index in [4.69, 9.17) is 27.1 Å². The quantitative estimate of drug-likeness (QED) is 0.760. The Morgan fingerprint density at radius 2 is 1.81 bits per heavy atom. The second kappa shape index (κ2) is 5.26. The number of benzene rings is 2. The molecule has 1 heterocycles. The lowest BCUT2D eigenvalue weighted by molar-refractivity contribution is 0.419. The molecule has 0 aliphatic heterocycles. The minimum atomic E-state index is 0.582. The van der Waals surface area contributed by atoms with Gasteiger partial charge < -0.3 is 10.5 Å². The van der Waals surface area contributed by atoms with E-state index in [1.54, 1.807) is 19.2 Å². The lowest BCUT2D eigenvalue weighted by Gasteiger charge is -2.14. The van der Waals surface area contributed by atoms with Gasteiger partial charge in [-0.15, -0.1) is 0 Å². The minimum Gasteiger partial charge on any atom is -0.494 e. The van der Waals surface area contributed by atoms with E-state index in [0.29, 0.717) is 22.0 Å². The average molecular weight is 299 g/mol. The third-order valence-corrected chi connectivity index (χ3v) is 3.92. The Labute approximate surface area is 128 Å². The maximum atomic E-state index is 6.30. The van der Waals surface area contributed by atoms with Crippen molar-refractivity contribution in [3.05, 3.63) is 53.1 Å². The van der Waals surface area contributed by atoms with Crippen molar-refractivity contribution in [3.8, 4) is 17.0 Å². The first-order valence-electron chi connectivity index (χ1n) is 6.61. The fourth-order valence-corrected chi connectivity index (χ4v) is 2.72. The van der Waals surface area contributed by atoms with Crippen molar-refractivity contribution in [3.63, 3.8) is 0 Å². The lowest BCUT2D eigenvalue weighted by atomic mass is 10.0. The number of hydrogen-bond acceptors (Lipinski definition) is 3. The summed E-state index contributed by atoms with van der Waals surface area (Å²) >= 11 is 6.29. The van der Waals surface area contributed by atoms with E-state index in [9.17, 15) is 0 Å².